The van der Waals surface area contributed by atoms with Gasteiger partial charge in [-0.1, -0.05) is 24.3 Å². The van der Waals surface area contributed by atoms with Gasteiger partial charge in [-0.15, -0.1) is 0 Å². The van der Waals surface area contributed by atoms with Crippen molar-refractivity contribution in [2.45, 2.75) is 18.0 Å². The Bertz CT molecular complexity index is 732. The number of hydrogen-bond acceptors (Lipinski definition) is 4. The molecule has 0 spiro atoms. The predicted octanol–water partition coefficient (Wildman–Crippen LogP) is 0.346. The highest BCUT2D eigenvalue weighted by Gasteiger charge is 2.13. The zero-order valence-corrected chi connectivity index (χ0v) is 11.4. The van der Waals surface area contributed by atoms with Crippen molar-refractivity contribution in [2.75, 3.05) is 0 Å². The maximum atomic E-state index is 12.0. The van der Waals surface area contributed by atoms with Crippen LogP contribution < -0.4 is 10.3 Å². The molecule has 0 aliphatic heterocycles. The fraction of sp³-hybridized carbons (Fsp3) is 0.154. The van der Waals surface area contributed by atoms with Crippen LogP contribution in [0.2, 0.25) is 0 Å². The summed E-state index contributed by atoms with van der Waals surface area (Å²) < 4.78 is 26.4. The van der Waals surface area contributed by atoms with E-state index in [-0.39, 0.29) is 23.6 Å². The molecule has 0 bridgehead atoms. The Morgan fingerprint density at radius 3 is 2.55 bits per heavy atom. The monoisotopic (exact) mass is 294 g/mol. The van der Waals surface area contributed by atoms with E-state index in [0.717, 1.165) is 17.8 Å². The molecule has 7 heteroatoms. The molecule has 1 aromatic carbocycles. The summed E-state index contributed by atoms with van der Waals surface area (Å²) in [5.41, 5.74) is 1.09. The minimum atomic E-state index is -3.68. The van der Waals surface area contributed by atoms with Gasteiger partial charge >= 0.3 is 0 Å². The Morgan fingerprint density at radius 1 is 1.15 bits per heavy atom. The standard InChI is InChI=1S/C13H14N2O4S/c16-9-11-3-1-2-10(6-11)7-15-20(18,19)12-4-5-13(17)14-8-12/h1-6,8,15-16H,7,9H2,(H,14,17). The molecule has 2 rings (SSSR count). The van der Waals surface area contributed by atoms with Crippen LogP contribution in [0, 0.1) is 0 Å². The second kappa shape index (κ2) is 6.00. The first kappa shape index (κ1) is 14.4. The first-order valence-corrected chi connectivity index (χ1v) is 7.37. The van der Waals surface area contributed by atoms with Gasteiger partial charge in [-0.2, -0.15) is 0 Å². The maximum absolute atomic E-state index is 12.0. The lowest BCUT2D eigenvalue weighted by Gasteiger charge is -2.07. The zero-order valence-electron chi connectivity index (χ0n) is 10.5. The van der Waals surface area contributed by atoms with Gasteiger partial charge in [-0.25, -0.2) is 13.1 Å². The molecule has 1 aromatic heterocycles. The molecule has 0 aliphatic carbocycles. The van der Waals surface area contributed by atoms with Gasteiger partial charge in [0, 0.05) is 18.8 Å². The predicted molar refractivity (Wildman–Crippen MR) is 73.5 cm³/mol. The average Bonchev–Trinajstić information content (AvgIpc) is 2.46. The highest BCUT2D eigenvalue weighted by Crippen LogP contribution is 2.08. The number of aliphatic hydroxyl groups is 1. The van der Waals surface area contributed by atoms with Gasteiger partial charge in [0.15, 0.2) is 0 Å². The van der Waals surface area contributed by atoms with Crippen LogP contribution in [0.1, 0.15) is 11.1 Å². The van der Waals surface area contributed by atoms with Gasteiger partial charge in [0.1, 0.15) is 0 Å². The molecule has 106 valence electrons. The Labute approximate surface area is 116 Å². The molecule has 0 amide bonds. The minimum absolute atomic E-state index is 0.00425. The van der Waals surface area contributed by atoms with Crippen molar-refractivity contribution in [3.05, 3.63) is 64.1 Å². The third-order valence-corrected chi connectivity index (χ3v) is 4.11. The van der Waals surface area contributed by atoms with E-state index in [4.69, 9.17) is 5.11 Å². The van der Waals surface area contributed by atoms with Crippen LogP contribution in [0.5, 0.6) is 0 Å². The van der Waals surface area contributed by atoms with Gasteiger partial charge in [0.25, 0.3) is 0 Å². The number of hydrogen-bond donors (Lipinski definition) is 3. The molecule has 6 nitrogen and oxygen atoms in total. The zero-order chi connectivity index (χ0) is 14.6. The number of pyridine rings is 1. The smallest absolute Gasteiger partial charge is 0.247 e. The minimum Gasteiger partial charge on any atom is -0.392 e. The summed E-state index contributed by atoms with van der Waals surface area (Å²) in [6.07, 6.45) is 1.15. The molecular weight excluding hydrogens is 280 g/mol. The molecule has 3 N–H and O–H groups in total. The van der Waals surface area contributed by atoms with E-state index in [0.29, 0.717) is 5.56 Å². The molecule has 2 aromatic rings. The third-order valence-electron chi connectivity index (χ3n) is 2.71. The van der Waals surface area contributed by atoms with E-state index in [1.54, 1.807) is 24.3 Å². The summed E-state index contributed by atoms with van der Waals surface area (Å²) >= 11 is 0. The number of benzene rings is 1. The van der Waals surface area contributed by atoms with Crippen molar-refractivity contribution in [1.82, 2.24) is 9.71 Å². The lowest BCUT2D eigenvalue weighted by molar-refractivity contribution is 0.281. The van der Waals surface area contributed by atoms with Gasteiger partial charge in [0.05, 0.1) is 11.5 Å². The van der Waals surface area contributed by atoms with E-state index < -0.39 is 10.0 Å². The Kier molecular flexibility index (Phi) is 4.33. The van der Waals surface area contributed by atoms with Crippen molar-refractivity contribution in [3.8, 4) is 0 Å². The quantitative estimate of drug-likeness (QED) is 0.740. The molecular formula is C13H14N2O4S. The molecule has 0 aliphatic rings. The lowest BCUT2D eigenvalue weighted by atomic mass is 10.1. The van der Waals surface area contributed by atoms with Gasteiger partial charge < -0.3 is 10.1 Å². The van der Waals surface area contributed by atoms with Crippen LogP contribution in [0.3, 0.4) is 0 Å². The molecule has 1 heterocycles. The summed E-state index contributed by atoms with van der Waals surface area (Å²) in [6, 6.07) is 9.37. The van der Waals surface area contributed by atoms with Crippen LogP contribution in [0.25, 0.3) is 0 Å². The normalized spacial score (nSPS) is 11.4. The van der Waals surface area contributed by atoms with Crippen molar-refractivity contribution in [2.24, 2.45) is 0 Å². The van der Waals surface area contributed by atoms with E-state index in [1.165, 1.54) is 6.07 Å². The number of aromatic nitrogens is 1. The van der Waals surface area contributed by atoms with Crippen molar-refractivity contribution >= 4 is 10.0 Å². The third kappa shape index (κ3) is 3.53. The molecule has 0 saturated heterocycles. The topological polar surface area (TPSA) is 99.3 Å². The summed E-state index contributed by atoms with van der Waals surface area (Å²) in [4.78, 5) is 13.2. The lowest BCUT2D eigenvalue weighted by Crippen LogP contribution is -2.24. The number of rotatable bonds is 5. The van der Waals surface area contributed by atoms with Crippen molar-refractivity contribution in [3.63, 3.8) is 0 Å². The summed E-state index contributed by atoms with van der Waals surface area (Å²) in [5.74, 6) is 0. The first-order chi connectivity index (χ1) is 9.51. The van der Waals surface area contributed by atoms with E-state index in [1.807, 2.05) is 0 Å². The van der Waals surface area contributed by atoms with Gasteiger partial charge in [-0.3, -0.25) is 4.79 Å². The SMILES string of the molecule is O=c1ccc(S(=O)(=O)NCc2cccc(CO)c2)c[nH]1. The number of nitrogens with one attached hydrogen (secondary N) is 2. The molecule has 0 fully saturated rings. The molecule has 0 radical (unpaired) electrons. The average molecular weight is 294 g/mol. The van der Waals surface area contributed by atoms with E-state index in [2.05, 4.69) is 9.71 Å². The summed E-state index contributed by atoms with van der Waals surface area (Å²) in [7, 11) is -3.68. The van der Waals surface area contributed by atoms with Gasteiger partial charge in [-0.05, 0) is 17.2 Å². The number of sulfonamides is 1. The van der Waals surface area contributed by atoms with E-state index in [9.17, 15) is 13.2 Å². The fourth-order valence-electron chi connectivity index (χ4n) is 1.66. The first-order valence-electron chi connectivity index (χ1n) is 5.88. The molecule has 0 saturated carbocycles. The van der Waals surface area contributed by atoms with E-state index >= 15 is 0 Å². The second-order valence-electron chi connectivity index (χ2n) is 4.19. The number of aliphatic hydroxyl groups excluding tert-OH is 1. The van der Waals surface area contributed by atoms with Crippen LogP contribution in [-0.2, 0) is 23.2 Å². The fourth-order valence-corrected chi connectivity index (χ4v) is 2.65. The summed E-state index contributed by atoms with van der Waals surface area (Å²) in [6.45, 7) is 0.00973. The summed E-state index contributed by atoms with van der Waals surface area (Å²) in [5, 5.41) is 9.02. The highest BCUT2D eigenvalue weighted by molar-refractivity contribution is 7.89. The Balaban J connectivity index is 2.12. The van der Waals surface area contributed by atoms with Gasteiger partial charge in [0.2, 0.25) is 15.6 Å². The maximum Gasteiger partial charge on any atom is 0.247 e. The van der Waals surface area contributed by atoms with Crippen molar-refractivity contribution in [1.29, 1.82) is 0 Å². The molecule has 0 unspecified atom stereocenters. The number of H-pyrrole nitrogens is 1. The second-order valence-corrected chi connectivity index (χ2v) is 5.96. The largest absolute Gasteiger partial charge is 0.392 e. The Hall–Kier alpha value is -1.96. The van der Waals surface area contributed by atoms with Crippen LogP contribution in [-0.4, -0.2) is 18.5 Å². The molecule has 20 heavy (non-hydrogen) atoms. The Morgan fingerprint density at radius 2 is 1.90 bits per heavy atom. The van der Waals surface area contributed by atoms with Crippen LogP contribution >= 0.6 is 0 Å². The van der Waals surface area contributed by atoms with Crippen LogP contribution in [0.4, 0.5) is 0 Å². The molecule has 0 atom stereocenters. The highest BCUT2D eigenvalue weighted by atomic mass is 32.2. The van der Waals surface area contributed by atoms with Crippen LogP contribution in [0.15, 0.2) is 52.3 Å². The number of aromatic amines is 1. The van der Waals surface area contributed by atoms with Crippen molar-refractivity contribution < 1.29 is 13.5 Å².